The number of hydrogen-bond acceptors (Lipinski definition) is 7. The quantitative estimate of drug-likeness (QED) is 0.543. The highest BCUT2D eigenvalue weighted by atomic mass is 35.5. The molecule has 8 heteroatoms. The van der Waals surface area contributed by atoms with Gasteiger partial charge in [-0.15, -0.1) is 0 Å². The highest BCUT2D eigenvalue weighted by Gasteiger charge is 2.15. The molecular formula is C17H22ClN5O2. The van der Waals surface area contributed by atoms with Crippen LogP contribution in [0.5, 0.6) is 11.8 Å². The number of nitrogens with zero attached hydrogens (tertiary/aromatic N) is 3. The van der Waals surface area contributed by atoms with E-state index < -0.39 is 0 Å². The molecule has 7 nitrogen and oxygen atoms in total. The number of nitrogens with one attached hydrogen (secondary N) is 2. The number of methoxy groups -OCH3 is 1. The van der Waals surface area contributed by atoms with E-state index in [9.17, 15) is 5.11 Å². The lowest BCUT2D eigenvalue weighted by Crippen LogP contribution is -2.20. The van der Waals surface area contributed by atoms with Gasteiger partial charge in [-0.25, -0.2) is 0 Å². The first kappa shape index (κ1) is 17.5. The smallest absolute Gasteiger partial charge is 0.322 e. The molecule has 1 aromatic carbocycles. The first-order valence-electron chi connectivity index (χ1n) is 8.46. The van der Waals surface area contributed by atoms with E-state index in [1.807, 2.05) is 0 Å². The third-order valence-electron chi connectivity index (χ3n) is 4.19. The fourth-order valence-electron chi connectivity index (χ4n) is 2.89. The first-order chi connectivity index (χ1) is 12.1. The predicted molar refractivity (Wildman–Crippen MR) is 97.9 cm³/mol. The van der Waals surface area contributed by atoms with Gasteiger partial charge in [0.25, 0.3) is 0 Å². The van der Waals surface area contributed by atoms with Crippen LogP contribution >= 0.6 is 11.6 Å². The highest BCUT2D eigenvalue weighted by molar-refractivity contribution is 6.32. The second-order valence-electron chi connectivity index (χ2n) is 6.09. The molecule has 0 bridgehead atoms. The van der Waals surface area contributed by atoms with Crippen molar-refractivity contribution in [1.82, 2.24) is 15.0 Å². The maximum Gasteiger partial charge on any atom is 0.322 e. The van der Waals surface area contributed by atoms with Gasteiger partial charge in [0.05, 0.1) is 12.1 Å². The topological polar surface area (TPSA) is 92.2 Å². The van der Waals surface area contributed by atoms with Gasteiger partial charge in [-0.05, 0) is 31.0 Å². The number of anilines is 3. The van der Waals surface area contributed by atoms with Crippen LogP contribution < -0.4 is 15.4 Å². The van der Waals surface area contributed by atoms with Gasteiger partial charge in [0, 0.05) is 11.7 Å². The fourth-order valence-corrected chi connectivity index (χ4v) is 3.07. The van der Waals surface area contributed by atoms with Crippen molar-refractivity contribution in [2.45, 2.75) is 44.6 Å². The lowest BCUT2D eigenvalue weighted by atomic mass is 10.1. The molecule has 0 atom stereocenters. The third-order valence-corrected chi connectivity index (χ3v) is 4.49. The molecule has 0 radical (unpaired) electrons. The van der Waals surface area contributed by atoms with Crippen molar-refractivity contribution >= 4 is 29.2 Å². The summed E-state index contributed by atoms with van der Waals surface area (Å²) < 4.78 is 5.18. The standard InChI is InChI=1S/C17H22ClN5O2/c1-25-17-22-15(19-11-6-4-2-3-5-7-11)21-16(23-17)20-12-8-9-14(24)13(18)10-12/h8-11,24H,2-7H2,1H3,(H2,19,20,21,22,23). The molecule has 3 rings (SSSR count). The van der Waals surface area contributed by atoms with E-state index in [0.717, 1.165) is 12.8 Å². The van der Waals surface area contributed by atoms with Crippen LogP contribution in [0.3, 0.4) is 0 Å². The maximum atomic E-state index is 9.51. The Labute approximate surface area is 151 Å². The highest BCUT2D eigenvalue weighted by Crippen LogP contribution is 2.28. The molecule has 3 N–H and O–H groups in total. The fraction of sp³-hybridized carbons (Fsp3) is 0.471. The van der Waals surface area contributed by atoms with Crippen molar-refractivity contribution in [2.24, 2.45) is 0 Å². The molecule has 1 aliphatic rings. The van der Waals surface area contributed by atoms with Gasteiger partial charge < -0.3 is 20.5 Å². The van der Waals surface area contributed by atoms with Gasteiger partial charge in [-0.2, -0.15) is 15.0 Å². The molecule has 0 unspecified atom stereocenters. The lowest BCUT2D eigenvalue weighted by molar-refractivity contribution is 0.379. The van der Waals surface area contributed by atoms with Crippen molar-refractivity contribution in [3.8, 4) is 11.8 Å². The van der Waals surface area contributed by atoms with Crippen LogP contribution in [0.4, 0.5) is 17.6 Å². The summed E-state index contributed by atoms with van der Waals surface area (Å²) in [4.78, 5) is 12.9. The Balaban J connectivity index is 1.77. The predicted octanol–water partition coefficient (Wildman–Crippen LogP) is 4.12. The van der Waals surface area contributed by atoms with Crippen LogP contribution in [0.25, 0.3) is 0 Å². The number of rotatable bonds is 5. The molecule has 0 spiro atoms. The van der Waals surface area contributed by atoms with Crippen molar-refractivity contribution in [3.63, 3.8) is 0 Å². The Morgan fingerprint density at radius 3 is 2.48 bits per heavy atom. The molecule has 0 aliphatic heterocycles. The summed E-state index contributed by atoms with van der Waals surface area (Å²) in [5.74, 6) is 0.868. The van der Waals surface area contributed by atoms with Gasteiger partial charge in [0.15, 0.2) is 0 Å². The zero-order valence-corrected chi connectivity index (χ0v) is 14.9. The van der Waals surface area contributed by atoms with E-state index in [-0.39, 0.29) is 16.8 Å². The largest absolute Gasteiger partial charge is 0.506 e. The number of benzene rings is 1. The summed E-state index contributed by atoms with van der Waals surface area (Å²) >= 11 is 5.93. The molecule has 2 aromatic rings. The summed E-state index contributed by atoms with van der Waals surface area (Å²) in [5.41, 5.74) is 0.663. The maximum absolute atomic E-state index is 9.51. The van der Waals surface area contributed by atoms with E-state index in [0.29, 0.717) is 23.6 Å². The van der Waals surface area contributed by atoms with Crippen LogP contribution in [-0.4, -0.2) is 33.2 Å². The van der Waals surface area contributed by atoms with E-state index in [1.54, 1.807) is 12.1 Å². The molecular weight excluding hydrogens is 342 g/mol. The van der Waals surface area contributed by atoms with E-state index in [4.69, 9.17) is 16.3 Å². The Morgan fingerprint density at radius 1 is 1.08 bits per heavy atom. The molecule has 1 aromatic heterocycles. The van der Waals surface area contributed by atoms with Crippen molar-refractivity contribution in [1.29, 1.82) is 0 Å². The lowest BCUT2D eigenvalue weighted by Gasteiger charge is -2.17. The summed E-state index contributed by atoms with van der Waals surface area (Å²) in [6.07, 6.45) is 7.24. The van der Waals surface area contributed by atoms with Crippen LogP contribution in [-0.2, 0) is 0 Å². The van der Waals surface area contributed by atoms with E-state index >= 15 is 0 Å². The van der Waals surface area contributed by atoms with Crippen molar-refractivity contribution in [3.05, 3.63) is 23.2 Å². The molecule has 134 valence electrons. The summed E-state index contributed by atoms with van der Waals surface area (Å²) in [6, 6.07) is 5.40. The van der Waals surface area contributed by atoms with E-state index in [2.05, 4.69) is 25.6 Å². The molecule has 1 saturated carbocycles. The van der Waals surface area contributed by atoms with Gasteiger partial charge in [-0.3, -0.25) is 0 Å². The average Bonchev–Trinajstić information content (AvgIpc) is 2.86. The Morgan fingerprint density at radius 2 is 1.80 bits per heavy atom. The second-order valence-corrected chi connectivity index (χ2v) is 6.50. The van der Waals surface area contributed by atoms with Crippen LogP contribution in [0.15, 0.2) is 18.2 Å². The van der Waals surface area contributed by atoms with E-state index in [1.165, 1.54) is 38.9 Å². The van der Waals surface area contributed by atoms with Gasteiger partial charge in [0.1, 0.15) is 5.75 Å². The van der Waals surface area contributed by atoms with Gasteiger partial charge >= 0.3 is 6.01 Å². The molecule has 0 saturated heterocycles. The molecule has 0 amide bonds. The zero-order valence-electron chi connectivity index (χ0n) is 14.1. The van der Waals surface area contributed by atoms with Crippen LogP contribution in [0.1, 0.15) is 38.5 Å². The number of phenolic OH excluding ortho intramolecular Hbond substituents is 1. The number of ether oxygens (including phenoxy) is 1. The number of aromatic nitrogens is 3. The first-order valence-corrected chi connectivity index (χ1v) is 8.84. The van der Waals surface area contributed by atoms with Gasteiger partial charge in [-0.1, -0.05) is 37.3 Å². The van der Waals surface area contributed by atoms with Crippen molar-refractivity contribution < 1.29 is 9.84 Å². The molecule has 1 aliphatic carbocycles. The number of phenols is 1. The monoisotopic (exact) mass is 363 g/mol. The van der Waals surface area contributed by atoms with Crippen molar-refractivity contribution in [2.75, 3.05) is 17.7 Å². The summed E-state index contributed by atoms with van der Waals surface area (Å²) in [5, 5.41) is 16.2. The number of aromatic hydroxyl groups is 1. The van der Waals surface area contributed by atoms with Crippen LogP contribution in [0.2, 0.25) is 5.02 Å². The normalized spacial score (nSPS) is 15.4. The minimum Gasteiger partial charge on any atom is -0.506 e. The third kappa shape index (κ3) is 4.85. The summed E-state index contributed by atoms with van der Waals surface area (Å²) in [7, 11) is 1.52. The Bertz CT molecular complexity index is 720. The second kappa shape index (κ2) is 8.20. The minimum atomic E-state index is 0.0242. The zero-order chi connectivity index (χ0) is 17.6. The Kier molecular flexibility index (Phi) is 5.75. The average molecular weight is 364 g/mol. The number of hydrogen-bond donors (Lipinski definition) is 3. The molecule has 1 fully saturated rings. The minimum absolute atomic E-state index is 0.0242. The SMILES string of the molecule is COc1nc(Nc2ccc(O)c(Cl)c2)nc(NC2CCCCCC2)n1. The summed E-state index contributed by atoms with van der Waals surface area (Å²) in [6.45, 7) is 0. The molecule has 25 heavy (non-hydrogen) atoms. The molecule has 1 heterocycles. The van der Waals surface area contributed by atoms with Gasteiger partial charge in [0.2, 0.25) is 11.9 Å². The number of halogens is 1. The Hall–Kier alpha value is -2.28. The van der Waals surface area contributed by atoms with Crippen LogP contribution in [0, 0.1) is 0 Å².